The molecule has 2 aromatic rings. The topological polar surface area (TPSA) is 49.3 Å². The molecule has 2 rings (SSSR count). The number of anilines is 2. The molecule has 2 heterocycles. The van der Waals surface area contributed by atoms with Crippen molar-refractivity contribution in [2.24, 2.45) is 5.41 Å². The first kappa shape index (κ1) is 17.8. The molecule has 0 saturated heterocycles. The van der Waals surface area contributed by atoms with Gasteiger partial charge in [-0.3, -0.25) is 4.79 Å². The van der Waals surface area contributed by atoms with Gasteiger partial charge in [0.05, 0.1) is 17.1 Å². The highest BCUT2D eigenvalue weighted by molar-refractivity contribution is 5.83. The summed E-state index contributed by atoms with van der Waals surface area (Å²) in [5, 5.41) is 0. The quantitative estimate of drug-likeness (QED) is 0.623. The highest BCUT2D eigenvalue weighted by Gasteiger charge is 2.21. The molecule has 128 valence electrons. The second-order valence-corrected chi connectivity index (χ2v) is 7.07. The fourth-order valence-electron chi connectivity index (χ4n) is 2.38. The van der Waals surface area contributed by atoms with Crippen molar-refractivity contribution in [2.45, 2.75) is 20.8 Å². The number of hydrogen-bond donors (Lipinski definition) is 0. The maximum absolute atomic E-state index is 13.4. The molecule has 6 heteroatoms. The lowest BCUT2D eigenvalue weighted by molar-refractivity contribution is -0.107. The number of amides is 1. The summed E-state index contributed by atoms with van der Waals surface area (Å²) in [6, 6.07) is 8.17. The van der Waals surface area contributed by atoms with Crippen molar-refractivity contribution >= 4 is 17.9 Å². The first-order chi connectivity index (χ1) is 11.2. The molecule has 0 aliphatic rings. The molecule has 0 spiro atoms. The third-order valence-corrected chi connectivity index (χ3v) is 3.34. The van der Waals surface area contributed by atoms with Gasteiger partial charge in [-0.15, -0.1) is 0 Å². The van der Waals surface area contributed by atoms with Crippen molar-refractivity contribution < 1.29 is 9.18 Å². The number of halogens is 1. The molecule has 0 N–H and O–H groups in total. The number of rotatable bonds is 5. The molecule has 24 heavy (non-hydrogen) atoms. The van der Waals surface area contributed by atoms with E-state index >= 15 is 0 Å². The first-order valence-corrected chi connectivity index (χ1v) is 7.74. The van der Waals surface area contributed by atoms with Crippen LogP contribution in [-0.4, -0.2) is 37.0 Å². The van der Waals surface area contributed by atoms with Crippen LogP contribution in [0.4, 0.5) is 15.9 Å². The van der Waals surface area contributed by atoms with E-state index in [-0.39, 0.29) is 5.41 Å². The lowest BCUT2D eigenvalue weighted by atomic mass is 9.96. The number of hydrogen-bond acceptors (Lipinski definition) is 4. The standard InChI is InChI=1S/C18H23FN4O/c1-18(2,3)11-23(12-24)15-10-9-14(21-17(15)22(4)5)13-7-6-8-16(19)20-13/h6-10,12H,11H2,1-5H3. The van der Waals surface area contributed by atoms with E-state index in [0.29, 0.717) is 29.4 Å². The van der Waals surface area contributed by atoms with Crippen LogP contribution in [0.3, 0.4) is 0 Å². The second-order valence-electron chi connectivity index (χ2n) is 7.07. The maximum Gasteiger partial charge on any atom is 0.214 e. The van der Waals surface area contributed by atoms with Gasteiger partial charge in [0.15, 0.2) is 5.82 Å². The van der Waals surface area contributed by atoms with E-state index in [1.165, 1.54) is 6.07 Å². The van der Waals surface area contributed by atoms with Crippen molar-refractivity contribution in [2.75, 3.05) is 30.4 Å². The van der Waals surface area contributed by atoms with Gasteiger partial charge in [-0.2, -0.15) is 4.39 Å². The number of aromatic nitrogens is 2. The predicted octanol–water partition coefficient (Wildman–Crippen LogP) is 3.36. The zero-order valence-corrected chi connectivity index (χ0v) is 14.7. The Morgan fingerprint density at radius 3 is 2.29 bits per heavy atom. The molecule has 0 unspecified atom stereocenters. The molecular formula is C18H23FN4O. The Hall–Kier alpha value is -2.50. The zero-order valence-electron chi connectivity index (χ0n) is 14.7. The fraction of sp³-hybridized carbons (Fsp3) is 0.389. The molecule has 0 fully saturated rings. The van der Waals surface area contributed by atoms with Crippen LogP contribution in [0.2, 0.25) is 0 Å². The predicted molar refractivity (Wildman–Crippen MR) is 94.6 cm³/mol. The molecule has 0 saturated carbocycles. The van der Waals surface area contributed by atoms with Gasteiger partial charge in [-0.1, -0.05) is 26.8 Å². The van der Waals surface area contributed by atoms with Crippen molar-refractivity contribution in [1.82, 2.24) is 9.97 Å². The van der Waals surface area contributed by atoms with E-state index in [0.717, 1.165) is 6.41 Å². The van der Waals surface area contributed by atoms with Gasteiger partial charge in [-0.25, -0.2) is 9.97 Å². The number of carbonyl (C=O) groups excluding carboxylic acids is 1. The first-order valence-electron chi connectivity index (χ1n) is 7.74. The van der Waals surface area contributed by atoms with Crippen LogP contribution in [0.5, 0.6) is 0 Å². The molecule has 0 aliphatic heterocycles. The number of carbonyl (C=O) groups is 1. The Morgan fingerprint density at radius 2 is 1.75 bits per heavy atom. The van der Waals surface area contributed by atoms with E-state index in [9.17, 15) is 9.18 Å². The SMILES string of the molecule is CN(C)c1nc(-c2cccc(F)n2)ccc1N(C=O)CC(C)(C)C. The summed E-state index contributed by atoms with van der Waals surface area (Å²) in [5.41, 5.74) is 1.68. The highest BCUT2D eigenvalue weighted by Crippen LogP contribution is 2.30. The molecule has 5 nitrogen and oxygen atoms in total. The van der Waals surface area contributed by atoms with Crippen LogP contribution in [-0.2, 0) is 4.79 Å². The smallest absolute Gasteiger partial charge is 0.214 e. The summed E-state index contributed by atoms with van der Waals surface area (Å²) in [4.78, 5) is 23.5. The normalized spacial score (nSPS) is 11.2. The van der Waals surface area contributed by atoms with Gasteiger partial charge in [0, 0.05) is 20.6 Å². The van der Waals surface area contributed by atoms with Gasteiger partial charge < -0.3 is 9.80 Å². The highest BCUT2D eigenvalue weighted by atomic mass is 19.1. The average molecular weight is 330 g/mol. The van der Waals surface area contributed by atoms with Gasteiger partial charge in [-0.05, 0) is 29.7 Å². The van der Waals surface area contributed by atoms with E-state index in [1.54, 1.807) is 23.1 Å². The van der Waals surface area contributed by atoms with Gasteiger partial charge in [0.1, 0.15) is 0 Å². The van der Waals surface area contributed by atoms with Crippen molar-refractivity contribution in [3.63, 3.8) is 0 Å². The summed E-state index contributed by atoms with van der Waals surface area (Å²) in [6.45, 7) is 6.77. The van der Waals surface area contributed by atoms with Gasteiger partial charge in [0.25, 0.3) is 0 Å². The molecule has 0 aliphatic carbocycles. The van der Waals surface area contributed by atoms with Crippen molar-refractivity contribution in [3.8, 4) is 11.4 Å². The Labute approximate surface area is 142 Å². The lowest BCUT2D eigenvalue weighted by Gasteiger charge is -2.29. The third-order valence-electron chi connectivity index (χ3n) is 3.34. The largest absolute Gasteiger partial charge is 0.361 e. The summed E-state index contributed by atoms with van der Waals surface area (Å²) in [7, 11) is 3.71. The molecule has 0 atom stereocenters. The van der Waals surface area contributed by atoms with Crippen LogP contribution in [0.1, 0.15) is 20.8 Å². The van der Waals surface area contributed by atoms with Crippen molar-refractivity contribution in [3.05, 3.63) is 36.3 Å². The van der Waals surface area contributed by atoms with Crippen LogP contribution in [0.25, 0.3) is 11.4 Å². The van der Waals surface area contributed by atoms with E-state index in [4.69, 9.17) is 0 Å². The lowest BCUT2D eigenvalue weighted by Crippen LogP contribution is -2.33. The monoisotopic (exact) mass is 330 g/mol. The molecular weight excluding hydrogens is 307 g/mol. The molecule has 2 aromatic heterocycles. The van der Waals surface area contributed by atoms with Crippen molar-refractivity contribution in [1.29, 1.82) is 0 Å². The second kappa shape index (κ2) is 6.95. The zero-order chi connectivity index (χ0) is 17.9. The van der Waals surface area contributed by atoms with Crippen LogP contribution in [0, 0.1) is 11.4 Å². The average Bonchev–Trinajstić information content (AvgIpc) is 2.51. The van der Waals surface area contributed by atoms with E-state index in [2.05, 4.69) is 30.7 Å². The number of nitrogens with zero attached hydrogens (tertiary/aromatic N) is 4. The molecule has 1 amide bonds. The molecule has 0 aromatic carbocycles. The third kappa shape index (κ3) is 4.28. The van der Waals surface area contributed by atoms with Crippen LogP contribution < -0.4 is 9.80 Å². The summed E-state index contributed by atoms with van der Waals surface area (Å²) >= 11 is 0. The van der Waals surface area contributed by atoms with E-state index < -0.39 is 5.95 Å². The van der Waals surface area contributed by atoms with E-state index in [1.807, 2.05) is 25.1 Å². The minimum Gasteiger partial charge on any atom is -0.361 e. The maximum atomic E-state index is 13.4. The Bertz CT molecular complexity index is 725. The Kier molecular flexibility index (Phi) is 5.17. The summed E-state index contributed by atoms with van der Waals surface area (Å²) in [5.74, 6) is 0.0851. The Balaban J connectivity index is 2.48. The summed E-state index contributed by atoms with van der Waals surface area (Å²) < 4.78 is 13.4. The number of pyridine rings is 2. The fourth-order valence-corrected chi connectivity index (χ4v) is 2.38. The van der Waals surface area contributed by atoms with Crippen LogP contribution in [0.15, 0.2) is 30.3 Å². The van der Waals surface area contributed by atoms with Gasteiger partial charge >= 0.3 is 0 Å². The van der Waals surface area contributed by atoms with Crippen LogP contribution >= 0.6 is 0 Å². The Morgan fingerprint density at radius 1 is 1.08 bits per heavy atom. The summed E-state index contributed by atoms with van der Waals surface area (Å²) in [6.07, 6.45) is 0.815. The van der Waals surface area contributed by atoms with Gasteiger partial charge in [0.2, 0.25) is 12.4 Å². The minimum atomic E-state index is -0.549. The minimum absolute atomic E-state index is 0.0483. The molecule has 0 bridgehead atoms. The molecule has 0 radical (unpaired) electrons.